The Bertz CT molecular complexity index is 606. The number of nitrogens with one attached hydrogen (secondary N) is 3. The molecule has 1 heterocycles. The first-order valence-corrected chi connectivity index (χ1v) is 8.73. The van der Waals surface area contributed by atoms with Crippen molar-refractivity contribution in [3.63, 3.8) is 0 Å². The van der Waals surface area contributed by atoms with Gasteiger partial charge in [0.05, 0.1) is 0 Å². The van der Waals surface area contributed by atoms with Gasteiger partial charge in [-0.3, -0.25) is 4.79 Å². The van der Waals surface area contributed by atoms with Gasteiger partial charge in [-0.05, 0) is 44.4 Å². The monoisotopic (exact) mass is 349 g/mol. The molecule has 1 aromatic rings. The summed E-state index contributed by atoms with van der Waals surface area (Å²) in [6.45, 7) is 7.17. The van der Waals surface area contributed by atoms with Gasteiger partial charge in [0.25, 0.3) is 0 Å². The Morgan fingerprint density at radius 1 is 1.12 bits per heavy atom. The van der Waals surface area contributed by atoms with Gasteiger partial charge in [0.15, 0.2) is 11.5 Å². The Labute approximate surface area is 148 Å². The van der Waals surface area contributed by atoms with E-state index in [1.165, 1.54) is 0 Å². The Balaban J connectivity index is 1.72. The second kappa shape index (κ2) is 9.15. The summed E-state index contributed by atoms with van der Waals surface area (Å²) in [5.41, 5.74) is 1.05. The maximum absolute atomic E-state index is 11.9. The van der Waals surface area contributed by atoms with E-state index >= 15 is 0 Å². The van der Waals surface area contributed by atoms with E-state index in [9.17, 15) is 9.59 Å². The third-order valence-electron chi connectivity index (χ3n) is 4.05. The molecule has 1 aliphatic rings. The number of hydrogen-bond donors (Lipinski definition) is 3. The molecule has 25 heavy (non-hydrogen) atoms. The van der Waals surface area contributed by atoms with Crippen molar-refractivity contribution >= 4 is 11.9 Å². The van der Waals surface area contributed by atoms with Crippen molar-refractivity contribution in [3.8, 4) is 11.5 Å². The molecule has 0 bridgehead atoms. The first-order valence-electron chi connectivity index (χ1n) is 8.73. The van der Waals surface area contributed by atoms with Gasteiger partial charge in [0, 0.05) is 12.6 Å². The van der Waals surface area contributed by atoms with Crippen LogP contribution in [-0.4, -0.2) is 43.8 Å². The number of fused-ring (bicyclic) bond motifs is 1. The summed E-state index contributed by atoms with van der Waals surface area (Å²) in [7, 11) is 0. The van der Waals surface area contributed by atoms with Crippen molar-refractivity contribution < 1.29 is 19.1 Å². The zero-order valence-electron chi connectivity index (χ0n) is 15.1. The molecule has 0 aromatic heterocycles. The standard InChI is InChI=1S/C18H27N3O4/c1-4-12(2)20-17(22)13(3)21-18(23)19-8-7-14-5-6-15-16(11-14)25-10-9-24-15/h5-6,11-13H,4,7-10H2,1-3H3,(H,20,22)(H2,19,21,23)/t12-,13-/m1/s1. The van der Waals surface area contributed by atoms with Crippen LogP contribution in [0.2, 0.25) is 0 Å². The maximum Gasteiger partial charge on any atom is 0.315 e. The van der Waals surface area contributed by atoms with Crippen LogP contribution in [0.1, 0.15) is 32.8 Å². The highest BCUT2D eigenvalue weighted by atomic mass is 16.6. The van der Waals surface area contributed by atoms with Crippen molar-refractivity contribution in [2.24, 2.45) is 0 Å². The van der Waals surface area contributed by atoms with E-state index in [1.807, 2.05) is 32.0 Å². The number of amides is 3. The summed E-state index contributed by atoms with van der Waals surface area (Å²) in [5, 5.41) is 8.24. The summed E-state index contributed by atoms with van der Waals surface area (Å²) in [6.07, 6.45) is 1.51. The molecule has 0 fully saturated rings. The van der Waals surface area contributed by atoms with Gasteiger partial charge in [-0.1, -0.05) is 13.0 Å². The maximum atomic E-state index is 11.9. The fraction of sp³-hybridized carbons (Fsp3) is 0.556. The molecule has 1 aromatic carbocycles. The summed E-state index contributed by atoms with van der Waals surface area (Å²) < 4.78 is 11.0. The average Bonchev–Trinajstić information content (AvgIpc) is 2.61. The van der Waals surface area contributed by atoms with Crippen molar-refractivity contribution in [2.75, 3.05) is 19.8 Å². The minimum absolute atomic E-state index is 0.0926. The predicted molar refractivity (Wildman–Crippen MR) is 95.0 cm³/mol. The van der Waals surface area contributed by atoms with Crippen molar-refractivity contribution in [1.29, 1.82) is 0 Å². The molecular formula is C18H27N3O4. The third-order valence-corrected chi connectivity index (χ3v) is 4.05. The summed E-state index contributed by atoms with van der Waals surface area (Å²) >= 11 is 0. The molecule has 7 nitrogen and oxygen atoms in total. The lowest BCUT2D eigenvalue weighted by molar-refractivity contribution is -0.123. The van der Waals surface area contributed by atoms with Gasteiger partial charge in [-0.2, -0.15) is 0 Å². The molecule has 3 N–H and O–H groups in total. The average molecular weight is 349 g/mol. The Morgan fingerprint density at radius 2 is 1.84 bits per heavy atom. The zero-order chi connectivity index (χ0) is 18.2. The Hall–Kier alpha value is -2.44. The van der Waals surface area contributed by atoms with Crippen LogP contribution in [0.4, 0.5) is 4.79 Å². The SMILES string of the molecule is CC[C@@H](C)NC(=O)[C@@H](C)NC(=O)NCCc1ccc2c(c1)OCCO2. The summed E-state index contributed by atoms with van der Waals surface area (Å²) in [4.78, 5) is 23.8. The number of ether oxygens (including phenoxy) is 2. The Kier molecular flexibility index (Phi) is 6.91. The number of hydrogen-bond acceptors (Lipinski definition) is 4. The number of urea groups is 1. The molecule has 0 aliphatic carbocycles. The highest BCUT2D eigenvalue weighted by Crippen LogP contribution is 2.30. The van der Waals surface area contributed by atoms with Gasteiger partial charge in [-0.25, -0.2) is 4.79 Å². The fourth-order valence-corrected chi connectivity index (χ4v) is 2.35. The lowest BCUT2D eigenvalue weighted by atomic mass is 10.1. The van der Waals surface area contributed by atoms with Crippen molar-refractivity contribution in [2.45, 2.75) is 45.7 Å². The topological polar surface area (TPSA) is 88.7 Å². The van der Waals surface area contributed by atoms with E-state index in [0.29, 0.717) is 26.2 Å². The summed E-state index contributed by atoms with van der Waals surface area (Å²) in [5.74, 6) is 1.31. The van der Waals surface area contributed by atoms with Crippen LogP contribution in [0.15, 0.2) is 18.2 Å². The molecule has 1 aliphatic heterocycles. The van der Waals surface area contributed by atoms with Crippen LogP contribution in [0.25, 0.3) is 0 Å². The largest absolute Gasteiger partial charge is 0.486 e. The zero-order valence-corrected chi connectivity index (χ0v) is 15.1. The van der Waals surface area contributed by atoms with E-state index in [2.05, 4.69) is 16.0 Å². The van der Waals surface area contributed by atoms with Gasteiger partial charge in [-0.15, -0.1) is 0 Å². The van der Waals surface area contributed by atoms with Crippen LogP contribution >= 0.6 is 0 Å². The molecule has 0 saturated carbocycles. The normalized spacial score (nSPS) is 15.0. The fourth-order valence-electron chi connectivity index (χ4n) is 2.35. The highest BCUT2D eigenvalue weighted by Gasteiger charge is 2.16. The third kappa shape index (κ3) is 5.85. The molecule has 2 atom stereocenters. The molecule has 0 unspecified atom stereocenters. The minimum Gasteiger partial charge on any atom is -0.486 e. The molecule has 0 radical (unpaired) electrons. The summed E-state index contributed by atoms with van der Waals surface area (Å²) in [6, 6.07) is 4.92. The van der Waals surface area contributed by atoms with Crippen LogP contribution < -0.4 is 25.4 Å². The minimum atomic E-state index is -0.580. The van der Waals surface area contributed by atoms with E-state index in [1.54, 1.807) is 6.92 Å². The van der Waals surface area contributed by atoms with E-state index < -0.39 is 6.04 Å². The van der Waals surface area contributed by atoms with Crippen LogP contribution in [0.5, 0.6) is 11.5 Å². The van der Waals surface area contributed by atoms with Crippen LogP contribution in [0.3, 0.4) is 0 Å². The lowest BCUT2D eigenvalue weighted by Gasteiger charge is -2.19. The van der Waals surface area contributed by atoms with Crippen LogP contribution in [-0.2, 0) is 11.2 Å². The van der Waals surface area contributed by atoms with E-state index in [-0.39, 0.29) is 18.0 Å². The van der Waals surface area contributed by atoms with Gasteiger partial charge < -0.3 is 25.4 Å². The molecule has 3 amide bonds. The van der Waals surface area contributed by atoms with Crippen LogP contribution in [0, 0.1) is 0 Å². The smallest absolute Gasteiger partial charge is 0.315 e. The molecular weight excluding hydrogens is 322 g/mol. The number of carbonyl (C=O) groups is 2. The van der Waals surface area contributed by atoms with Crippen molar-refractivity contribution in [3.05, 3.63) is 23.8 Å². The Morgan fingerprint density at radius 3 is 2.56 bits per heavy atom. The van der Waals surface area contributed by atoms with E-state index in [4.69, 9.17) is 9.47 Å². The number of rotatable bonds is 7. The molecule has 0 saturated heterocycles. The van der Waals surface area contributed by atoms with Gasteiger partial charge in [0.2, 0.25) is 5.91 Å². The molecule has 2 rings (SSSR count). The quantitative estimate of drug-likeness (QED) is 0.698. The van der Waals surface area contributed by atoms with Gasteiger partial charge >= 0.3 is 6.03 Å². The first-order chi connectivity index (χ1) is 12.0. The number of carbonyl (C=O) groups excluding carboxylic acids is 2. The molecule has 138 valence electrons. The van der Waals surface area contributed by atoms with Crippen molar-refractivity contribution in [1.82, 2.24) is 16.0 Å². The first kappa shape index (κ1) is 18.9. The second-order valence-corrected chi connectivity index (χ2v) is 6.17. The molecule has 7 heteroatoms. The number of benzene rings is 1. The molecule has 0 spiro atoms. The predicted octanol–water partition coefficient (Wildman–Crippen LogP) is 1.60. The lowest BCUT2D eigenvalue weighted by Crippen LogP contribution is -2.50. The van der Waals surface area contributed by atoms with Gasteiger partial charge in [0.1, 0.15) is 19.3 Å². The second-order valence-electron chi connectivity index (χ2n) is 6.17. The van der Waals surface area contributed by atoms with E-state index in [0.717, 1.165) is 23.5 Å². The highest BCUT2D eigenvalue weighted by molar-refractivity contribution is 5.86.